The Labute approximate surface area is 142 Å². The molecular weight excluding hydrogens is 386 g/mol. The maximum atomic E-state index is 11.6. The normalized spacial score (nSPS) is 19.6. The smallest absolute Gasteiger partial charge is 0.331 e. The SMILES string of the molecule is O=C(COC(=O)/C=C/c1cccc(Br)c1)NC1CCS(=O)(=O)C1. The second-order valence-corrected chi connectivity index (χ2v) is 8.31. The number of amides is 1. The number of ether oxygens (including phenoxy) is 1. The van der Waals surface area contributed by atoms with Crippen molar-refractivity contribution < 1.29 is 22.7 Å². The molecule has 8 heteroatoms. The van der Waals surface area contributed by atoms with E-state index in [4.69, 9.17) is 4.74 Å². The third kappa shape index (κ3) is 6.15. The monoisotopic (exact) mass is 401 g/mol. The molecule has 1 aromatic carbocycles. The van der Waals surface area contributed by atoms with E-state index >= 15 is 0 Å². The van der Waals surface area contributed by atoms with Crippen LogP contribution in [0.15, 0.2) is 34.8 Å². The lowest BCUT2D eigenvalue weighted by molar-refractivity contribution is -0.143. The number of rotatable bonds is 5. The van der Waals surface area contributed by atoms with Crippen molar-refractivity contribution in [2.24, 2.45) is 0 Å². The second-order valence-electron chi connectivity index (χ2n) is 5.16. The average Bonchev–Trinajstić information content (AvgIpc) is 2.82. The lowest BCUT2D eigenvalue weighted by Crippen LogP contribution is -2.38. The van der Waals surface area contributed by atoms with E-state index in [1.54, 1.807) is 6.08 Å². The maximum absolute atomic E-state index is 11.6. The van der Waals surface area contributed by atoms with Gasteiger partial charge in [0.1, 0.15) is 0 Å². The number of nitrogens with one attached hydrogen (secondary N) is 1. The highest BCUT2D eigenvalue weighted by atomic mass is 79.9. The zero-order valence-corrected chi connectivity index (χ0v) is 14.6. The molecule has 0 saturated carbocycles. The number of benzene rings is 1. The zero-order chi connectivity index (χ0) is 16.9. The number of carbonyl (C=O) groups is 2. The summed E-state index contributed by atoms with van der Waals surface area (Å²) in [6.07, 6.45) is 3.20. The van der Waals surface area contributed by atoms with Crippen molar-refractivity contribution in [2.45, 2.75) is 12.5 Å². The van der Waals surface area contributed by atoms with Crippen molar-refractivity contribution >= 4 is 43.7 Å². The predicted molar refractivity (Wildman–Crippen MR) is 89.3 cm³/mol. The van der Waals surface area contributed by atoms with Gasteiger partial charge in [0.25, 0.3) is 5.91 Å². The number of carbonyl (C=O) groups excluding carboxylic acids is 2. The summed E-state index contributed by atoms with van der Waals surface area (Å²) >= 11 is 3.32. The Balaban J connectivity index is 1.75. The number of sulfone groups is 1. The Morgan fingerprint density at radius 2 is 2.17 bits per heavy atom. The predicted octanol–water partition coefficient (Wildman–Crippen LogP) is 1.31. The summed E-state index contributed by atoms with van der Waals surface area (Å²) < 4.78 is 28.3. The summed E-state index contributed by atoms with van der Waals surface area (Å²) in [6, 6.07) is 6.95. The van der Waals surface area contributed by atoms with Gasteiger partial charge < -0.3 is 10.1 Å². The summed E-state index contributed by atoms with van der Waals surface area (Å²) in [7, 11) is -3.05. The average molecular weight is 402 g/mol. The van der Waals surface area contributed by atoms with Crippen LogP contribution in [0.1, 0.15) is 12.0 Å². The van der Waals surface area contributed by atoms with Crippen molar-refractivity contribution in [3.8, 4) is 0 Å². The fourth-order valence-electron chi connectivity index (χ4n) is 2.14. The van der Waals surface area contributed by atoms with Crippen molar-refractivity contribution in [2.75, 3.05) is 18.1 Å². The van der Waals surface area contributed by atoms with Gasteiger partial charge in [0, 0.05) is 16.6 Å². The quantitative estimate of drug-likeness (QED) is 0.593. The Kier molecular flexibility index (Phi) is 5.95. The third-order valence-corrected chi connectivity index (χ3v) is 5.46. The largest absolute Gasteiger partial charge is 0.452 e. The van der Waals surface area contributed by atoms with Gasteiger partial charge in [0.15, 0.2) is 16.4 Å². The van der Waals surface area contributed by atoms with Crippen LogP contribution < -0.4 is 5.32 Å². The Morgan fingerprint density at radius 1 is 1.39 bits per heavy atom. The summed E-state index contributed by atoms with van der Waals surface area (Å²) in [4.78, 5) is 23.2. The molecule has 1 fully saturated rings. The fourth-order valence-corrected chi connectivity index (χ4v) is 4.23. The minimum absolute atomic E-state index is 0.0600. The van der Waals surface area contributed by atoms with Crippen LogP contribution >= 0.6 is 15.9 Å². The van der Waals surface area contributed by atoms with E-state index in [9.17, 15) is 18.0 Å². The molecule has 1 unspecified atom stereocenters. The van der Waals surface area contributed by atoms with Crippen LogP contribution in [0.25, 0.3) is 6.08 Å². The first kappa shape index (κ1) is 17.7. The molecule has 1 amide bonds. The first-order valence-corrected chi connectivity index (χ1v) is 9.56. The molecule has 124 valence electrons. The van der Waals surface area contributed by atoms with Gasteiger partial charge >= 0.3 is 5.97 Å². The summed E-state index contributed by atoms with van der Waals surface area (Å²) in [5.74, 6) is -1.13. The van der Waals surface area contributed by atoms with Crippen LogP contribution in [0, 0.1) is 0 Å². The Morgan fingerprint density at radius 3 is 2.83 bits per heavy atom. The van der Waals surface area contributed by atoms with E-state index in [2.05, 4.69) is 21.2 Å². The molecule has 1 aliphatic rings. The van der Waals surface area contributed by atoms with Gasteiger partial charge in [-0.05, 0) is 30.2 Å². The van der Waals surface area contributed by atoms with Crippen molar-refractivity contribution in [1.29, 1.82) is 0 Å². The van der Waals surface area contributed by atoms with Crippen molar-refractivity contribution in [3.63, 3.8) is 0 Å². The molecule has 0 bridgehead atoms. The van der Waals surface area contributed by atoms with Gasteiger partial charge in [-0.3, -0.25) is 4.79 Å². The molecule has 1 heterocycles. The standard InChI is InChI=1S/C15H16BrNO5S/c16-12-3-1-2-11(8-12)4-5-15(19)22-9-14(18)17-13-6-7-23(20,21)10-13/h1-5,8,13H,6-7,9-10H2,(H,17,18)/b5-4+. The lowest BCUT2D eigenvalue weighted by atomic mass is 10.2. The highest BCUT2D eigenvalue weighted by molar-refractivity contribution is 9.10. The number of halogens is 1. The molecule has 1 saturated heterocycles. The molecule has 1 N–H and O–H groups in total. The Hall–Kier alpha value is -1.67. The van der Waals surface area contributed by atoms with Gasteiger partial charge in [-0.25, -0.2) is 13.2 Å². The molecule has 0 aliphatic carbocycles. The van der Waals surface area contributed by atoms with E-state index in [1.807, 2.05) is 24.3 Å². The van der Waals surface area contributed by atoms with Crippen LogP contribution in [-0.2, 0) is 24.2 Å². The van der Waals surface area contributed by atoms with Gasteiger partial charge in [-0.1, -0.05) is 28.1 Å². The highest BCUT2D eigenvalue weighted by Crippen LogP contribution is 2.13. The fraction of sp³-hybridized carbons (Fsp3) is 0.333. The number of hydrogen-bond acceptors (Lipinski definition) is 5. The van der Waals surface area contributed by atoms with Crippen LogP contribution in [0.5, 0.6) is 0 Å². The molecule has 2 rings (SSSR count). The van der Waals surface area contributed by atoms with Crippen molar-refractivity contribution in [1.82, 2.24) is 5.32 Å². The molecule has 1 atom stereocenters. The summed E-state index contributed by atoms with van der Waals surface area (Å²) in [6.45, 7) is -0.432. The van der Waals surface area contributed by atoms with Gasteiger partial charge in [0.2, 0.25) is 0 Å². The van der Waals surface area contributed by atoms with E-state index in [0.29, 0.717) is 6.42 Å². The summed E-state index contributed by atoms with van der Waals surface area (Å²) in [5.41, 5.74) is 0.817. The Bertz CT molecular complexity index is 729. The molecule has 0 aromatic heterocycles. The van der Waals surface area contributed by atoms with Crippen LogP contribution in [0.3, 0.4) is 0 Å². The van der Waals surface area contributed by atoms with E-state index < -0.39 is 34.4 Å². The minimum Gasteiger partial charge on any atom is -0.452 e. The molecule has 0 spiro atoms. The molecule has 0 radical (unpaired) electrons. The molecule has 6 nitrogen and oxygen atoms in total. The van der Waals surface area contributed by atoms with Crippen molar-refractivity contribution in [3.05, 3.63) is 40.4 Å². The minimum atomic E-state index is -3.05. The second kappa shape index (κ2) is 7.74. The third-order valence-electron chi connectivity index (χ3n) is 3.20. The van der Waals surface area contributed by atoms with Gasteiger partial charge in [0.05, 0.1) is 11.5 Å². The maximum Gasteiger partial charge on any atom is 0.331 e. The molecule has 1 aromatic rings. The van der Waals surface area contributed by atoms with Crippen LogP contribution in [-0.4, -0.2) is 44.4 Å². The van der Waals surface area contributed by atoms with Gasteiger partial charge in [-0.15, -0.1) is 0 Å². The van der Waals surface area contributed by atoms with Gasteiger partial charge in [-0.2, -0.15) is 0 Å². The first-order chi connectivity index (χ1) is 10.8. The zero-order valence-electron chi connectivity index (χ0n) is 12.2. The summed E-state index contributed by atoms with van der Waals surface area (Å²) in [5, 5.41) is 2.55. The van der Waals surface area contributed by atoms with E-state index in [1.165, 1.54) is 6.08 Å². The number of hydrogen-bond donors (Lipinski definition) is 1. The van der Waals surface area contributed by atoms with E-state index in [0.717, 1.165) is 10.0 Å². The van der Waals surface area contributed by atoms with Crippen LogP contribution in [0.4, 0.5) is 0 Å². The van der Waals surface area contributed by atoms with E-state index in [-0.39, 0.29) is 11.5 Å². The molecule has 1 aliphatic heterocycles. The number of esters is 1. The molecular formula is C15H16BrNO5S. The topological polar surface area (TPSA) is 89.5 Å². The highest BCUT2D eigenvalue weighted by Gasteiger charge is 2.28. The van der Waals surface area contributed by atoms with Crippen LogP contribution in [0.2, 0.25) is 0 Å². The lowest BCUT2D eigenvalue weighted by Gasteiger charge is -2.10. The molecule has 23 heavy (non-hydrogen) atoms. The first-order valence-electron chi connectivity index (χ1n) is 6.94.